The van der Waals surface area contributed by atoms with Gasteiger partial charge in [-0.2, -0.15) is 0 Å². The fraction of sp³-hybridized carbons (Fsp3) is 0.750. The summed E-state index contributed by atoms with van der Waals surface area (Å²) in [6.07, 6.45) is 96.5. The predicted octanol–water partition coefficient (Wildman–Crippen LogP) is 22.4. The quantitative estimate of drug-likeness (QED) is 0.0272. The fourth-order valence-electron chi connectivity index (χ4n) is 10.2. The number of carbonyl (C=O) groups is 1. The van der Waals surface area contributed by atoms with E-state index in [9.17, 15) is 19.4 Å². The first kappa shape index (κ1) is 82.2. The smallest absolute Gasteiger partial charge is 0.268 e. The maximum Gasteiger partial charge on any atom is 0.268 e. The molecule has 0 saturated heterocycles. The summed E-state index contributed by atoms with van der Waals surface area (Å²) in [5.41, 5.74) is 0. The molecule has 1 amide bonds. The van der Waals surface area contributed by atoms with E-state index < -0.39 is 26.6 Å². The van der Waals surface area contributed by atoms with Crippen molar-refractivity contribution in [2.75, 3.05) is 40.9 Å². The second kappa shape index (κ2) is 65.6. The molecule has 85 heavy (non-hydrogen) atoms. The highest BCUT2D eigenvalue weighted by Crippen LogP contribution is 2.38. The van der Waals surface area contributed by atoms with E-state index in [0.29, 0.717) is 17.4 Å². The molecule has 9 heteroatoms. The summed E-state index contributed by atoms with van der Waals surface area (Å²) in [6, 6.07) is -0.915. The fourth-order valence-corrected chi connectivity index (χ4v) is 10.9. The standard InChI is InChI=1S/C76H137N2O6P/c1-6-8-10-12-14-16-18-20-22-24-26-28-30-32-33-34-35-36-37-38-39-40-41-42-43-44-45-46-48-50-52-54-56-58-60-62-64-66-68-70-76(80)77-74(73-84-85(81,82)83-72-71-78(3,4)5)75(79)69-67-65-63-61-59-57-55-53-51-49-47-31-29-27-25-23-21-19-17-15-13-11-9-7-2/h8,10,14,16,20,22,26,28,32-33,35-36,51,53,59,61,67,69,74-75,79H,6-7,9,11-13,15,17-19,21,23-25,27,29-31,34,37-50,52,54-58,60,62-66,68,70-73H2,1-5H3,(H-,77,80,81,82)/b10-8-,16-14-,22-20-,28-26-,33-32-,36-35-,53-51+,61-59+,69-67+. The van der Waals surface area contributed by atoms with Crippen LogP contribution < -0.4 is 10.2 Å². The van der Waals surface area contributed by atoms with Gasteiger partial charge >= 0.3 is 0 Å². The van der Waals surface area contributed by atoms with Crippen molar-refractivity contribution in [3.63, 3.8) is 0 Å². The van der Waals surface area contributed by atoms with Crippen molar-refractivity contribution in [2.24, 2.45) is 0 Å². The molecule has 0 rings (SSSR count). The number of phosphoric ester groups is 1. The predicted molar refractivity (Wildman–Crippen MR) is 371 cm³/mol. The van der Waals surface area contributed by atoms with Gasteiger partial charge in [0.2, 0.25) is 5.91 Å². The van der Waals surface area contributed by atoms with E-state index in [0.717, 1.165) is 83.5 Å². The third-order valence-electron chi connectivity index (χ3n) is 15.7. The number of amides is 1. The first-order chi connectivity index (χ1) is 41.5. The molecular formula is C76H137N2O6P. The number of aliphatic hydroxyl groups is 1. The zero-order valence-corrected chi connectivity index (χ0v) is 57.2. The van der Waals surface area contributed by atoms with Gasteiger partial charge in [-0.05, 0) is 96.3 Å². The SMILES string of the molecule is CC/C=C\C/C=C\C/C=C\C/C=C\C/C=C\C/C=C\CCCCCCCCCCCCCCCCCCCCCCC(=O)NC(COP(=O)([O-])OCC[N+](C)(C)C)C(O)/C=C/CC/C=C/CC/C=C/CCCCCCCCCCCCCCCC. The number of likely N-dealkylation sites (N-methyl/N-ethyl adjacent to an activating group) is 1. The molecule has 3 atom stereocenters. The Morgan fingerprint density at radius 2 is 0.729 bits per heavy atom. The van der Waals surface area contributed by atoms with Crippen molar-refractivity contribution >= 4 is 13.7 Å². The minimum absolute atomic E-state index is 0.0112. The number of aliphatic hydroxyl groups excluding tert-OH is 1. The summed E-state index contributed by atoms with van der Waals surface area (Å²) in [5, 5.41) is 13.9. The summed E-state index contributed by atoms with van der Waals surface area (Å²) in [7, 11) is 1.24. The van der Waals surface area contributed by atoms with E-state index in [1.165, 1.54) is 212 Å². The Bertz CT molecular complexity index is 1760. The third kappa shape index (κ3) is 68.5. The Hall–Kier alpha value is -2.84. The van der Waals surface area contributed by atoms with Gasteiger partial charge in [-0.3, -0.25) is 9.36 Å². The number of nitrogens with one attached hydrogen (secondary N) is 1. The van der Waals surface area contributed by atoms with E-state index in [1.54, 1.807) is 6.08 Å². The summed E-state index contributed by atoms with van der Waals surface area (Å²) < 4.78 is 23.4. The molecule has 2 N–H and O–H groups in total. The first-order valence-corrected chi connectivity index (χ1v) is 37.2. The average Bonchev–Trinajstić information content (AvgIpc) is 3.49. The number of carbonyl (C=O) groups excluding carboxylic acids is 1. The van der Waals surface area contributed by atoms with E-state index in [2.05, 4.69) is 116 Å². The Morgan fingerprint density at radius 1 is 0.424 bits per heavy atom. The molecule has 0 aromatic carbocycles. The van der Waals surface area contributed by atoms with Crippen LogP contribution in [0.25, 0.3) is 0 Å². The van der Waals surface area contributed by atoms with E-state index in [4.69, 9.17) is 9.05 Å². The van der Waals surface area contributed by atoms with Crippen LogP contribution in [0.15, 0.2) is 109 Å². The largest absolute Gasteiger partial charge is 0.756 e. The molecule has 0 heterocycles. The van der Waals surface area contributed by atoms with Crippen LogP contribution in [0.1, 0.15) is 316 Å². The zero-order chi connectivity index (χ0) is 61.9. The van der Waals surface area contributed by atoms with E-state index in [-0.39, 0.29) is 12.5 Å². The summed E-state index contributed by atoms with van der Waals surface area (Å²) >= 11 is 0. The molecule has 0 aliphatic heterocycles. The van der Waals surface area contributed by atoms with Crippen molar-refractivity contribution in [3.05, 3.63) is 109 Å². The lowest BCUT2D eigenvalue weighted by molar-refractivity contribution is -0.870. The van der Waals surface area contributed by atoms with Crippen molar-refractivity contribution in [1.82, 2.24) is 5.32 Å². The Balaban J connectivity index is 4.06. The summed E-state index contributed by atoms with van der Waals surface area (Å²) in [4.78, 5) is 25.6. The lowest BCUT2D eigenvalue weighted by Gasteiger charge is -2.29. The van der Waals surface area contributed by atoms with Gasteiger partial charge in [0.25, 0.3) is 7.82 Å². The van der Waals surface area contributed by atoms with Crippen molar-refractivity contribution < 1.29 is 32.9 Å². The highest BCUT2D eigenvalue weighted by Gasteiger charge is 2.23. The minimum Gasteiger partial charge on any atom is -0.756 e. The molecule has 0 aliphatic rings. The second-order valence-corrected chi connectivity index (χ2v) is 26.6. The molecule has 0 aliphatic carbocycles. The van der Waals surface area contributed by atoms with Crippen LogP contribution in [0.3, 0.4) is 0 Å². The monoisotopic (exact) mass is 1210 g/mol. The van der Waals surface area contributed by atoms with E-state index >= 15 is 0 Å². The molecule has 3 unspecified atom stereocenters. The number of nitrogens with zero attached hydrogens (tertiary/aromatic N) is 1. The number of hydrogen-bond donors (Lipinski definition) is 2. The van der Waals surface area contributed by atoms with Gasteiger partial charge in [-0.15, -0.1) is 0 Å². The van der Waals surface area contributed by atoms with Crippen LogP contribution in [0, 0.1) is 0 Å². The number of allylic oxidation sites excluding steroid dienone is 17. The molecular weight excluding hydrogens is 1070 g/mol. The molecule has 8 nitrogen and oxygen atoms in total. The number of quaternary nitrogens is 1. The zero-order valence-electron chi connectivity index (χ0n) is 56.3. The highest BCUT2D eigenvalue weighted by molar-refractivity contribution is 7.45. The first-order valence-electron chi connectivity index (χ1n) is 35.7. The van der Waals surface area contributed by atoms with Crippen LogP contribution in [0.2, 0.25) is 0 Å². The second-order valence-electron chi connectivity index (χ2n) is 25.2. The van der Waals surface area contributed by atoms with Gasteiger partial charge in [-0.1, -0.05) is 322 Å². The van der Waals surface area contributed by atoms with Crippen LogP contribution in [-0.2, 0) is 18.4 Å². The third-order valence-corrected chi connectivity index (χ3v) is 16.7. The average molecular weight is 1210 g/mol. The lowest BCUT2D eigenvalue weighted by Crippen LogP contribution is -2.45. The minimum atomic E-state index is -4.62. The molecule has 0 aromatic heterocycles. The molecule has 0 saturated carbocycles. The molecule has 0 spiro atoms. The van der Waals surface area contributed by atoms with Gasteiger partial charge < -0.3 is 28.8 Å². The van der Waals surface area contributed by atoms with Crippen LogP contribution in [0.4, 0.5) is 0 Å². The summed E-state index contributed by atoms with van der Waals surface area (Å²) in [6.45, 7) is 4.53. The van der Waals surface area contributed by atoms with Crippen molar-refractivity contribution in [3.8, 4) is 0 Å². The van der Waals surface area contributed by atoms with Gasteiger partial charge in [0.1, 0.15) is 13.2 Å². The van der Waals surface area contributed by atoms with E-state index in [1.807, 2.05) is 27.2 Å². The summed E-state index contributed by atoms with van der Waals surface area (Å²) in [5.74, 6) is -0.209. The number of hydrogen-bond acceptors (Lipinski definition) is 6. The normalized spacial score (nSPS) is 14.3. The van der Waals surface area contributed by atoms with Gasteiger partial charge in [0, 0.05) is 6.42 Å². The molecule has 0 radical (unpaired) electrons. The maximum atomic E-state index is 13.0. The van der Waals surface area contributed by atoms with Gasteiger partial charge in [0.05, 0.1) is 39.9 Å². The molecule has 0 fully saturated rings. The van der Waals surface area contributed by atoms with Crippen LogP contribution in [0.5, 0.6) is 0 Å². The van der Waals surface area contributed by atoms with Crippen LogP contribution in [-0.4, -0.2) is 68.5 Å². The molecule has 492 valence electrons. The van der Waals surface area contributed by atoms with Gasteiger partial charge in [0.15, 0.2) is 0 Å². The Kier molecular flexibility index (Phi) is 63.4. The Labute approximate surface area is 527 Å². The number of phosphoric acid groups is 1. The Morgan fingerprint density at radius 3 is 1.09 bits per heavy atom. The molecule has 0 aromatic rings. The topological polar surface area (TPSA) is 108 Å². The maximum absolute atomic E-state index is 13.0. The lowest BCUT2D eigenvalue weighted by atomic mass is 10.0. The molecule has 0 bridgehead atoms. The van der Waals surface area contributed by atoms with Crippen molar-refractivity contribution in [1.29, 1.82) is 0 Å². The van der Waals surface area contributed by atoms with Gasteiger partial charge in [-0.25, -0.2) is 0 Å². The number of unbranched alkanes of at least 4 members (excludes halogenated alkanes) is 36. The van der Waals surface area contributed by atoms with Crippen LogP contribution >= 0.6 is 7.82 Å². The number of rotatable bonds is 65. The highest BCUT2D eigenvalue weighted by atomic mass is 31.2. The van der Waals surface area contributed by atoms with Crippen molar-refractivity contribution in [2.45, 2.75) is 328 Å².